The van der Waals surface area contributed by atoms with Crippen LogP contribution in [0.3, 0.4) is 0 Å². The third kappa shape index (κ3) is 17.6. The first kappa shape index (κ1) is 12.7. The maximum atomic E-state index is 3.75. The number of hydrogen-bond acceptors (Lipinski definition) is 2. The van der Waals surface area contributed by atoms with Crippen LogP contribution >= 0.6 is 0 Å². The maximum absolute atomic E-state index is 3.75. The van der Waals surface area contributed by atoms with Crippen LogP contribution in [0.5, 0.6) is 0 Å². The van der Waals surface area contributed by atoms with E-state index in [1.807, 2.05) is 32.9 Å². The molecule has 64 valence electrons. The zero-order valence-electron chi connectivity index (χ0n) is 7.75. The van der Waals surface area contributed by atoms with Crippen LogP contribution in [0, 0.1) is 0 Å². The van der Waals surface area contributed by atoms with E-state index in [2.05, 4.69) is 16.8 Å². The van der Waals surface area contributed by atoms with Gasteiger partial charge >= 0.3 is 0 Å². The van der Waals surface area contributed by atoms with E-state index in [9.17, 15) is 0 Å². The van der Waals surface area contributed by atoms with Gasteiger partial charge in [0.1, 0.15) is 0 Å². The predicted octanol–water partition coefficient (Wildman–Crippen LogP) is 3.57. The van der Waals surface area contributed by atoms with Crippen molar-refractivity contribution >= 4 is 0 Å². The fraction of sp³-hybridized carbons (Fsp3) is 0.556. The fourth-order valence-electron chi connectivity index (χ4n) is 0.333. The lowest BCUT2D eigenvalue weighted by atomic mass is 10.4. The average molecular weight is 154 g/mol. The number of nitrogens with zero attached hydrogens (tertiary/aromatic N) is 2. The Morgan fingerprint density at radius 1 is 1.36 bits per heavy atom. The van der Waals surface area contributed by atoms with Crippen molar-refractivity contribution in [1.29, 1.82) is 0 Å². The van der Waals surface area contributed by atoms with E-state index in [0.29, 0.717) is 0 Å². The van der Waals surface area contributed by atoms with Gasteiger partial charge in [-0.05, 0) is 13.3 Å². The molecule has 0 aromatic heterocycles. The molecule has 0 unspecified atom stereocenters. The highest BCUT2D eigenvalue weighted by molar-refractivity contribution is 4.85. The Bertz CT molecular complexity index is 115. The van der Waals surface area contributed by atoms with E-state index in [4.69, 9.17) is 0 Å². The molecule has 0 fully saturated rings. The summed E-state index contributed by atoms with van der Waals surface area (Å²) in [6.45, 7) is 10.3. The van der Waals surface area contributed by atoms with Crippen molar-refractivity contribution in [3.05, 3.63) is 24.9 Å². The summed E-state index contributed by atoms with van der Waals surface area (Å²) in [7, 11) is 0. The van der Waals surface area contributed by atoms with Crippen molar-refractivity contribution < 1.29 is 0 Å². The van der Waals surface area contributed by atoms with Crippen LogP contribution in [0.25, 0.3) is 0 Å². The zero-order valence-corrected chi connectivity index (χ0v) is 7.75. The van der Waals surface area contributed by atoms with Gasteiger partial charge < -0.3 is 0 Å². The van der Waals surface area contributed by atoms with Crippen molar-refractivity contribution in [3.8, 4) is 0 Å². The third-order valence-electron chi connectivity index (χ3n) is 0.698. The molecule has 2 heteroatoms. The van der Waals surface area contributed by atoms with E-state index in [1.165, 1.54) is 0 Å². The summed E-state index contributed by atoms with van der Waals surface area (Å²) >= 11 is 0. The van der Waals surface area contributed by atoms with Gasteiger partial charge in [-0.3, -0.25) is 0 Å². The van der Waals surface area contributed by atoms with Crippen LogP contribution in [0.1, 0.15) is 27.2 Å². The summed E-state index contributed by atoms with van der Waals surface area (Å²) in [6.07, 6.45) is 6.28. The molecule has 0 rings (SSSR count). The minimum absolute atomic E-state index is 0.748. The van der Waals surface area contributed by atoms with Gasteiger partial charge in [0.15, 0.2) is 0 Å². The lowest BCUT2D eigenvalue weighted by Gasteiger charge is -1.75. The van der Waals surface area contributed by atoms with Crippen LogP contribution in [0.15, 0.2) is 35.2 Å². The predicted molar refractivity (Wildman–Crippen MR) is 50.7 cm³/mol. The monoisotopic (exact) mass is 154 g/mol. The number of hydrogen-bond donors (Lipinski definition) is 0. The highest BCUT2D eigenvalue weighted by Crippen LogP contribution is 1.84. The Morgan fingerprint density at radius 2 is 2.00 bits per heavy atom. The summed E-state index contributed by atoms with van der Waals surface area (Å²) in [5.41, 5.74) is 0. The minimum atomic E-state index is 0.748. The van der Waals surface area contributed by atoms with E-state index < -0.39 is 0 Å². The SMILES string of the molecule is C=CC/C=C\N=NCC.CC. The molecule has 0 spiro atoms. The quantitative estimate of drug-likeness (QED) is 0.437. The molecule has 0 aliphatic rings. The molecule has 2 nitrogen and oxygen atoms in total. The highest BCUT2D eigenvalue weighted by Gasteiger charge is 1.65. The van der Waals surface area contributed by atoms with Gasteiger partial charge in [0.05, 0.1) is 6.54 Å². The lowest BCUT2D eigenvalue weighted by Crippen LogP contribution is -1.60. The first-order valence-corrected chi connectivity index (χ1v) is 4.04. The Hall–Kier alpha value is -0.920. The van der Waals surface area contributed by atoms with Crippen molar-refractivity contribution in [2.75, 3.05) is 6.54 Å². The Labute approximate surface area is 69.7 Å². The van der Waals surface area contributed by atoms with Gasteiger partial charge in [-0.2, -0.15) is 10.2 Å². The molecular weight excluding hydrogens is 136 g/mol. The average Bonchev–Trinajstić information content (AvgIpc) is 2.08. The molecule has 0 heterocycles. The molecule has 0 saturated carbocycles. The highest BCUT2D eigenvalue weighted by atomic mass is 15.1. The second-order valence-corrected chi connectivity index (χ2v) is 1.48. The molecule has 0 atom stereocenters. The third-order valence-corrected chi connectivity index (χ3v) is 0.698. The van der Waals surface area contributed by atoms with E-state index >= 15 is 0 Å². The summed E-state index contributed by atoms with van der Waals surface area (Å²) < 4.78 is 0. The minimum Gasteiger partial charge on any atom is -0.190 e. The Balaban J connectivity index is 0. The smallest absolute Gasteiger partial charge is 0.0574 e. The van der Waals surface area contributed by atoms with Gasteiger partial charge in [-0.15, -0.1) is 6.58 Å². The van der Waals surface area contributed by atoms with Crippen LogP contribution < -0.4 is 0 Å². The Kier molecular flexibility index (Phi) is 18.6. The second kappa shape index (κ2) is 16.0. The second-order valence-electron chi connectivity index (χ2n) is 1.48. The normalized spacial score (nSPS) is 9.73. The molecule has 0 radical (unpaired) electrons. The first-order chi connectivity index (χ1) is 5.41. The van der Waals surface area contributed by atoms with E-state index in [1.54, 1.807) is 6.20 Å². The molecule has 0 bridgehead atoms. The lowest BCUT2D eigenvalue weighted by molar-refractivity contribution is 0.999. The summed E-state index contributed by atoms with van der Waals surface area (Å²) in [4.78, 5) is 0. The molecule has 0 aliphatic carbocycles. The standard InChI is InChI=1S/C7H12N2.C2H6/c1-3-5-6-7-9-8-4-2;1-2/h3,6-7H,1,4-5H2,2H3;1-2H3/b7-6-,9-8?;. The number of rotatable bonds is 4. The van der Waals surface area contributed by atoms with Gasteiger partial charge in [-0.25, -0.2) is 0 Å². The van der Waals surface area contributed by atoms with Crippen molar-refractivity contribution in [3.63, 3.8) is 0 Å². The summed E-state index contributed by atoms with van der Waals surface area (Å²) in [5.74, 6) is 0. The van der Waals surface area contributed by atoms with Gasteiger partial charge in [0, 0.05) is 6.20 Å². The maximum Gasteiger partial charge on any atom is 0.0574 e. The molecule has 0 saturated heterocycles. The van der Waals surface area contributed by atoms with Gasteiger partial charge in [0.25, 0.3) is 0 Å². The summed E-state index contributed by atoms with van der Waals surface area (Å²) in [6, 6.07) is 0. The zero-order chi connectivity index (χ0) is 8.95. The first-order valence-electron chi connectivity index (χ1n) is 4.04. The van der Waals surface area contributed by atoms with Crippen LogP contribution in [0.2, 0.25) is 0 Å². The van der Waals surface area contributed by atoms with Crippen molar-refractivity contribution in [2.45, 2.75) is 27.2 Å². The molecule has 0 aromatic rings. The van der Waals surface area contributed by atoms with Crippen LogP contribution in [-0.4, -0.2) is 6.54 Å². The fourth-order valence-corrected chi connectivity index (χ4v) is 0.333. The van der Waals surface area contributed by atoms with E-state index in [0.717, 1.165) is 13.0 Å². The molecule has 11 heavy (non-hydrogen) atoms. The number of azo groups is 1. The van der Waals surface area contributed by atoms with Crippen LogP contribution in [0.4, 0.5) is 0 Å². The largest absolute Gasteiger partial charge is 0.190 e. The molecule has 0 N–H and O–H groups in total. The topological polar surface area (TPSA) is 24.7 Å². The van der Waals surface area contributed by atoms with Crippen molar-refractivity contribution in [2.24, 2.45) is 10.2 Å². The number of allylic oxidation sites excluding steroid dienone is 2. The Morgan fingerprint density at radius 3 is 2.45 bits per heavy atom. The van der Waals surface area contributed by atoms with Crippen molar-refractivity contribution in [1.82, 2.24) is 0 Å². The molecule has 0 aromatic carbocycles. The molecular formula is C9H18N2. The molecule has 0 aliphatic heterocycles. The van der Waals surface area contributed by atoms with Gasteiger partial charge in [-0.1, -0.05) is 26.0 Å². The van der Waals surface area contributed by atoms with E-state index in [-0.39, 0.29) is 0 Å². The van der Waals surface area contributed by atoms with Crippen LogP contribution in [-0.2, 0) is 0 Å². The molecule has 0 amide bonds. The summed E-state index contributed by atoms with van der Waals surface area (Å²) in [5, 5.41) is 7.47. The van der Waals surface area contributed by atoms with Gasteiger partial charge in [0.2, 0.25) is 0 Å².